The Morgan fingerprint density at radius 2 is 1.91 bits per heavy atom. The van der Waals surface area contributed by atoms with Crippen LogP contribution in [0.5, 0.6) is 0 Å². The minimum atomic E-state index is -0.0348. The van der Waals surface area contributed by atoms with Crippen LogP contribution in [-0.2, 0) is 0 Å². The molecule has 1 rings (SSSR count). The van der Waals surface area contributed by atoms with Crippen LogP contribution in [0.3, 0.4) is 0 Å². The van der Waals surface area contributed by atoms with Crippen molar-refractivity contribution < 1.29 is 5.11 Å². The Morgan fingerprint density at radius 3 is 2.27 bits per heavy atom. The monoisotopic (exact) mass is 157 g/mol. The first-order valence-electron chi connectivity index (χ1n) is 4.39. The van der Waals surface area contributed by atoms with E-state index in [1.165, 1.54) is 0 Å². The third kappa shape index (κ3) is 3.21. The van der Waals surface area contributed by atoms with E-state index in [-0.39, 0.29) is 6.10 Å². The lowest BCUT2D eigenvalue weighted by Gasteiger charge is -2.34. The van der Waals surface area contributed by atoms with Crippen molar-refractivity contribution in [1.29, 1.82) is 0 Å². The zero-order chi connectivity index (χ0) is 8.48. The van der Waals surface area contributed by atoms with Crippen LogP contribution in [-0.4, -0.2) is 23.8 Å². The third-order valence-electron chi connectivity index (χ3n) is 2.03. The largest absolute Gasteiger partial charge is 0.393 e. The molecule has 0 aliphatic heterocycles. The second-order valence-corrected chi connectivity index (χ2v) is 4.76. The molecule has 0 aromatic carbocycles. The molecule has 0 heterocycles. The van der Waals surface area contributed by atoms with Gasteiger partial charge in [-0.2, -0.15) is 0 Å². The molecule has 1 aliphatic carbocycles. The van der Waals surface area contributed by atoms with Crippen LogP contribution in [0.1, 0.15) is 33.6 Å². The predicted octanol–water partition coefficient (Wildman–Crippen LogP) is 1.15. The highest BCUT2D eigenvalue weighted by Crippen LogP contribution is 2.21. The van der Waals surface area contributed by atoms with E-state index in [9.17, 15) is 0 Å². The molecule has 0 saturated heterocycles. The van der Waals surface area contributed by atoms with Gasteiger partial charge in [0.15, 0.2) is 0 Å². The van der Waals surface area contributed by atoms with Gasteiger partial charge in [-0.1, -0.05) is 20.8 Å². The fraction of sp³-hybridized carbons (Fsp3) is 1.00. The summed E-state index contributed by atoms with van der Waals surface area (Å²) in [5.74, 6) is 0. The molecule has 2 heteroatoms. The van der Waals surface area contributed by atoms with Crippen molar-refractivity contribution in [1.82, 2.24) is 5.32 Å². The zero-order valence-corrected chi connectivity index (χ0v) is 7.72. The van der Waals surface area contributed by atoms with Gasteiger partial charge in [0.1, 0.15) is 0 Å². The average molecular weight is 157 g/mol. The number of hydrogen-bond acceptors (Lipinski definition) is 2. The second kappa shape index (κ2) is 3.11. The molecule has 2 nitrogen and oxygen atoms in total. The van der Waals surface area contributed by atoms with Gasteiger partial charge in [-0.25, -0.2) is 0 Å². The molecule has 2 N–H and O–H groups in total. The van der Waals surface area contributed by atoms with Gasteiger partial charge in [0, 0.05) is 12.6 Å². The molecule has 11 heavy (non-hydrogen) atoms. The summed E-state index contributed by atoms with van der Waals surface area (Å²) in [6.45, 7) is 7.70. The Bertz CT molecular complexity index is 122. The minimum Gasteiger partial charge on any atom is -0.393 e. The van der Waals surface area contributed by atoms with Gasteiger partial charge in [0.2, 0.25) is 0 Å². The summed E-state index contributed by atoms with van der Waals surface area (Å²) >= 11 is 0. The number of aliphatic hydroxyl groups excluding tert-OH is 1. The van der Waals surface area contributed by atoms with E-state index in [4.69, 9.17) is 5.11 Å². The Labute approximate surface area is 69.0 Å². The minimum absolute atomic E-state index is 0.0348. The molecular weight excluding hydrogens is 138 g/mol. The van der Waals surface area contributed by atoms with Gasteiger partial charge in [0.25, 0.3) is 0 Å². The lowest BCUT2D eigenvalue weighted by Crippen LogP contribution is -2.46. The van der Waals surface area contributed by atoms with Crippen LogP contribution in [0.2, 0.25) is 0 Å². The maximum Gasteiger partial charge on any atom is 0.0570 e. The normalized spacial score (nSPS) is 31.6. The van der Waals surface area contributed by atoms with Crippen LogP contribution in [0.15, 0.2) is 0 Å². The number of rotatable bonds is 2. The van der Waals surface area contributed by atoms with E-state index in [1.807, 2.05) is 0 Å². The molecule has 1 fully saturated rings. The van der Waals surface area contributed by atoms with Gasteiger partial charge >= 0.3 is 0 Å². The highest BCUT2D eigenvalue weighted by atomic mass is 16.3. The molecule has 0 aromatic rings. The average Bonchev–Trinajstić information content (AvgIpc) is 1.75. The summed E-state index contributed by atoms with van der Waals surface area (Å²) in [6.07, 6.45) is 1.85. The smallest absolute Gasteiger partial charge is 0.0570 e. The standard InChI is InChI=1S/C9H19NO/c1-9(2,3)6-10-7-4-8(11)5-7/h7-8,10-11H,4-6H2,1-3H3. The molecule has 0 aromatic heterocycles. The highest BCUT2D eigenvalue weighted by Gasteiger charge is 2.27. The summed E-state index contributed by atoms with van der Waals surface area (Å²) in [5.41, 5.74) is 0.362. The molecule has 0 atom stereocenters. The molecule has 0 bridgehead atoms. The van der Waals surface area contributed by atoms with Gasteiger partial charge in [-0.15, -0.1) is 0 Å². The SMILES string of the molecule is CC(C)(C)CNC1CC(O)C1. The Morgan fingerprint density at radius 1 is 1.36 bits per heavy atom. The molecule has 0 spiro atoms. The van der Waals surface area contributed by atoms with Crippen molar-refractivity contribution in [2.75, 3.05) is 6.54 Å². The number of hydrogen-bond donors (Lipinski definition) is 2. The summed E-state index contributed by atoms with van der Waals surface area (Å²) in [7, 11) is 0. The van der Waals surface area contributed by atoms with Crippen LogP contribution < -0.4 is 5.32 Å². The van der Waals surface area contributed by atoms with Crippen molar-refractivity contribution in [3.05, 3.63) is 0 Å². The van der Waals surface area contributed by atoms with E-state index >= 15 is 0 Å². The molecular formula is C9H19NO. The lowest BCUT2D eigenvalue weighted by molar-refractivity contribution is 0.0590. The fourth-order valence-corrected chi connectivity index (χ4v) is 1.21. The molecule has 66 valence electrons. The first-order chi connectivity index (χ1) is 4.97. The summed E-state index contributed by atoms with van der Waals surface area (Å²) < 4.78 is 0. The summed E-state index contributed by atoms with van der Waals surface area (Å²) in [5, 5.41) is 12.4. The van der Waals surface area contributed by atoms with E-state index in [0.717, 1.165) is 19.4 Å². The van der Waals surface area contributed by atoms with E-state index in [0.29, 0.717) is 11.5 Å². The highest BCUT2D eigenvalue weighted by molar-refractivity contribution is 4.85. The molecule has 1 aliphatic rings. The predicted molar refractivity (Wildman–Crippen MR) is 46.5 cm³/mol. The van der Waals surface area contributed by atoms with Gasteiger partial charge in [-0.05, 0) is 18.3 Å². The summed E-state index contributed by atoms with van der Waals surface area (Å²) in [4.78, 5) is 0. The second-order valence-electron chi connectivity index (χ2n) is 4.76. The Hall–Kier alpha value is -0.0800. The van der Waals surface area contributed by atoms with Crippen LogP contribution in [0.4, 0.5) is 0 Å². The van der Waals surface area contributed by atoms with Gasteiger partial charge < -0.3 is 10.4 Å². The first-order valence-corrected chi connectivity index (χ1v) is 4.39. The molecule has 1 saturated carbocycles. The first kappa shape index (κ1) is 9.01. The Kier molecular flexibility index (Phi) is 2.55. The number of aliphatic hydroxyl groups is 1. The maximum atomic E-state index is 9.01. The summed E-state index contributed by atoms with van der Waals surface area (Å²) in [6, 6.07) is 0.573. The zero-order valence-electron chi connectivity index (χ0n) is 7.72. The van der Waals surface area contributed by atoms with Crippen LogP contribution in [0.25, 0.3) is 0 Å². The number of nitrogens with one attached hydrogen (secondary N) is 1. The van der Waals surface area contributed by atoms with Crippen molar-refractivity contribution in [2.45, 2.75) is 45.8 Å². The van der Waals surface area contributed by atoms with Crippen LogP contribution in [0, 0.1) is 5.41 Å². The third-order valence-corrected chi connectivity index (χ3v) is 2.03. The van der Waals surface area contributed by atoms with Crippen molar-refractivity contribution in [3.8, 4) is 0 Å². The van der Waals surface area contributed by atoms with Crippen molar-refractivity contribution in [3.63, 3.8) is 0 Å². The molecule has 0 unspecified atom stereocenters. The maximum absolute atomic E-state index is 9.01. The van der Waals surface area contributed by atoms with Crippen molar-refractivity contribution in [2.24, 2.45) is 5.41 Å². The Balaban J connectivity index is 2.05. The molecule has 0 radical (unpaired) electrons. The fourth-order valence-electron chi connectivity index (χ4n) is 1.21. The van der Waals surface area contributed by atoms with Crippen molar-refractivity contribution >= 4 is 0 Å². The van der Waals surface area contributed by atoms with Crippen LogP contribution >= 0.6 is 0 Å². The van der Waals surface area contributed by atoms with E-state index in [1.54, 1.807) is 0 Å². The molecule has 0 amide bonds. The van der Waals surface area contributed by atoms with E-state index in [2.05, 4.69) is 26.1 Å². The van der Waals surface area contributed by atoms with E-state index < -0.39 is 0 Å². The lowest BCUT2D eigenvalue weighted by atomic mass is 9.88. The quantitative estimate of drug-likeness (QED) is 0.630. The van der Waals surface area contributed by atoms with Gasteiger partial charge in [-0.3, -0.25) is 0 Å². The van der Waals surface area contributed by atoms with Gasteiger partial charge in [0.05, 0.1) is 6.10 Å². The topological polar surface area (TPSA) is 32.3 Å².